The second-order valence-electron chi connectivity index (χ2n) is 2.06. The largest absolute Gasteiger partial charge is 0.303 e. The van der Waals surface area contributed by atoms with E-state index in [1.54, 1.807) is 0 Å². The van der Waals surface area contributed by atoms with Crippen molar-refractivity contribution in [2.75, 3.05) is 7.11 Å². The molecule has 1 aliphatic rings. The van der Waals surface area contributed by atoms with Crippen LogP contribution in [-0.2, 0) is 9.78 Å². The summed E-state index contributed by atoms with van der Waals surface area (Å²) >= 11 is 0. The van der Waals surface area contributed by atoms with E-state index in [0.717, 1.165) is 0 Å². The zero-order valence-corrected chi connectivity index (χ0v) is 4.96. The van der Waals surface area contributed by atoms with Crippen LogP contribution in [0.25, 0.3) is 0 Å². The smallest absolute Gasteiger partial charge is 0.144 e. The van der Waals surface area contributed by atoms with E-state index in [4.69, 9.17) is 5.73 Å². The van der Waals surface area contributed by atoms with Crippen molar-refractivity contribution in [3.63, 3.8) is 0 Å². The highest BCUT2D eigenvalue weighted by atomic mass is 17.2. The van der Waals surface area contributed by atoms with Gasteiger partial charge in [0.05, 0.1) is 7.11 Å². The Morgan fingerprint density at radius 1 is 1.62 bits per heavy atom. The van der Waals surface area contributed by atoms with Crippen molar-refractivity contribution in [2.24, 2.45) is 11.7 Å². The van der Waals surface area contributed by atoms with Gasteiger partial charge in [-0.15, -0.1) is 0 Å². The Kier molecular flexibility index (Phi) is 1.83. The van der Waals surface area contributed by atoms with E-state index >= 15 is 0 Å². The topological polar surface area (TPSA) is 44.5 Å². The molecule has 0 aromatic rings. The number of hydrogen-bond donors (Lipinski definition) is 1. The van der Waals surface area contributed by atoms with Crippen LogP contribution in [0.5, 0.6) is 0 Å². The molecule has 3 heteroatoms. The third kappa shape index (κ3) is 1.43. The van der Waals surface area contributed by atoms with E-state index in [1.807, 2.05) is 0 Å². The van der Waals surface area contributed by atoms with Crippen LogP contribution < -0.4 is 5.73 Å². The van der Waals surface area contributed by atoms with Gasteiger partial charge in [0.1, 0.15) is 6.23 Å². The average molecular weight is 117 g/mol. The predicted octanol–water partition coefficient (Wildman–Crippen LogP) is 0.259. The van der Waals surface area contributed by atoms with Crippen molar-refractivity contribution in [3.05, 3.63) is 0 Å². The van der Waals surface area contributed by atoms with Crippen LogP contribution in [0.15, 0.2) is 0 Å². The first-order valence-electron chi connectivity index (χ1n) is 2.79. The van der Waals surface area contributed by atoms with Crippen LogP contribution in [-0.4, -0.2) is 13.3 Å². The molecule has 1 saturated carbocycles. The first-order valence-corrected chi connectivity index (χ1v) is 2.79. The summed E-state index contributed by atoms with van der Waals surface area (Å²) in [5.74, 6) is 0.551. The maximum Gasteiger partial charge on any atom is 0.144 e. The summed E-state index contributed by atoms with van der Waals surface area (Å²) in [6, 6.07) is 0. The molecule has 0 saturated heterocycles. The lowest BCUT2D eigenvalue weighted by atomic mass is 10.4. The van der Waals surface area contributed by atoms with Gasteiger partial charge in [-0.1, -0.05) is 0 Å². The van der Waals surface area contributed by atoms with Crippen LogP contribution in [0.4, 0.5) is 0 Å². The fourth-order valence-electron chi connectivity index (χ4n) is 0.614. The molecule has 0 aromatic heterocycles. The molecule has 0 aliphatic heterocycles. The van der Waals surface area contributed by atoms with Gasteiger partial charge in [0.25, 0.3) is 0 Å². The summed E-state index contributed by atoms with van der Waals surface area (Å²) < 4.78 is 0. The standard InChI is InChI=1S/C5H11NO2/c1-7-8-5(6)4-2-3-4/h4-5H,2-3,6H2,1H3/t5-/m0/s1. The molecule has 1 aliphatic carbocycles. The summed E-state index contributed by atoms with van der Waals surface area (Å²) in [5.41, 5.74) is 5.44. The van der Waals surface area contributed by atoms with Crippen molar-refractivity contribution in [1.29, 1.82) is 0 Å². The quantitative estimate of drug-likeness (QED) is 0.327. The minimum atomic E-state index is -0.194. The second kappa shape index (κ2) is 2.44. The van der Waals surface area contributed by atoms with Gasteiger partial charge in [-0.2, -0.15) is 0 Å². The molecule has 0 bridgehead atoms. The molecule has 1 fully saturated rings. The van der Waals surface area contributed by atoms with Gasteiger partial charge in [0.15, 0.2) is 0 Å². The van der Waals surface area contributed by atoms with E-state index in [-0.39, 0.29) is 6.23 Å². The van der Waals surface area contributed by atoms with Crippen LogP contribution in [0, 0.1) is 5.92 Å². The second-order valence-corrected chi connectivity index (χ2v) is 2.06. The van der Waals surface area contributed by atoms with Gasteiger partial charge in [-0.3, -0.25) is 0 Å². The molecular weight excluding hydrogens is 106 g/mol. The van der Waals surface area contributed by atoms with Crippen molar-refractivity contribution in [1.82, 2.24) is 0 Å². The van der Waals surface area contributed by atoms with Crippen LogP contribution in [0.3, 0.4) is 0 Å². The van der Waals surface area contributed by atoms with Crippen LogP contribution in [0.2, 0.25) is 0 Å². The Bertz CT molecular complexity index is 72.8. The molecule has 1 atom stereocenters. The Balaban J connectivity index is 2.03. The molecule has 0 radical (unpaired) electrons. The highest BCUT2D eigenvalue weighted by Crippen LogP contribution is 2.31. The molecule has 0 unspecified atom stereocenters. The number of hydrogen-bond acceptors (Lipinski definition) is 3. The van der Waals surface area contributed by atoms with Crippen molar-refractivity contribution in [3.8, 4) is 0 Å². The maximum absolute atomic E-state index is 5.44. The first-order chi connectivity index (χ1) is 3.84. The molecule has 0 aromatic carbocycles. The molecule has 3 nitrogen and oxygen atoms in total. The Hall–Kier alpha value is -0.120. The molecule has 0 spiro atoms. The van der Waals surface area contributed by atoms with Crippen molar-refractivity contribution >= 4 is 0 Å². The summed E-state index contributed by atoms with van der Waals surface area (Å²) in [6.45, 7) is 0. The van der Waals surface area contributed by atoms with E-state index in [1.165, 1.54) is 20.0 Å². The molecule has 8 heavy (non-hydrogen) atoms. The highest BCUT2D eigenvalue weighted by Gasteiger charge is 2.29. The molecule has 2 N–H and O–H groups in total. The monoisotopic (exact) mass is 117 g/mol. The van der Waals surface area contributed by atoms with Gasteiger partial charge in [0.2, 0.25) is 0 Å². The normalized spacial score (nSPS) is 23.2. The molecular formula is C5H11NO2. The van der Waals surface area contributed by atoms with Crippen molar-refractivity contribution in [2.45, 2.75) is 19.1 Å². The molecule has 0 heterocycles. The highest BCUT2D eigenvalue weighted by molar-refractivity contribution is 4.77. The van der Waals surface area contributed by atoms with E-state index in [0.29, 0.717) is 5.92 Å². The molecule has 1 rings (SSSR count). The lowest BCUT2D eigenvalue weighted by Gasteiger charge is -2.06. The lowest BCUT2D eigenvalue weighted by molar-refractivity contribution is -0.307. The fraction of sp³-hybridized carbons (Fsp3) is 1.00. The summed E-state index contributed by atoms with van der Waals surface area (Å²) in [5, 5.41) is 0. The van der Waals surface area contributed by atoms with Gasteiger partial charge < -0.3 is 5.73 Å². The zero-order valence-electron chi connectivity index (χ0n) is 4.96. The molecule has 48 valence electrons. The van der Waals surface area contributed by atoms with Gasteiger partial charge in [0, 0.05) is 5.92 Å². The van der Waals surface area contributed by atoms with E-state index in [2.05, 4.69) is 9.78 Å². The Morgan fingerprint density at radius 3 is 2.62 bits per heavy atom. The predicted molar refractivity (Wildman–Crippen MR) is 28.8 cm³/mol. The van der Waals surface area contributed by atoms with E-state index in [9.17, 15) is 0 Å². The lowest BCUT2D eigenvalue weighted by Crippen LogP contribution is -2.25. The van der Waals surface area contributed by atoms with Gasteiger partial charge in [-0.25, -0.2) is 9.78 Å². The summed E-state index contributed by atoms with van der Waals surface area (Å²) in [4.78, 5) is 9.02. The van der Waals surface area contributed by atoms with Crippen LogP contribution in [0.1, 0.15) is 12.8 Å². The number of rotatable bonds is 3. The van der Waals surface area contributed by atoms with Gasteiger partial charge >= 0.3 is 0 Å². The third-order valence-electron chi connectivity index (χ3n) is 1.29. The minimum Gasteiger partial charge on any atom is -0.303 e. The first kappa shape index (κ1) is 6.01. The minimum absolute atomic E-state index is 0.194. The van der Waals surface area contributed by atoms with Gasteiger partial charge in [-0.05, 0) is 12.8 Å². The zero-order chi connectivity index (χ0) is 5.98. The molecule has 0 amide bonds. The van der Waals surface area contributed by atoms with E-state index < -0.39 is 0 Å². The Morgan fingerprint density at radius 2 is 2.25 bits per heavy atom. The summed E-state index contributed by atoms with van der Waals surface area (Å²) in [7, 11) is 1.47. The average Bonchev–Trinajstić information content (AvgIpc) is 2.45. The maximum atomic E-state index is 5.44. The Labute approximate surface area is 48.7 Å². The number of nitrogens with two attached hydrogens (primary N) is 1. The van der Waals surface area contributed by atoms with Crippen LogP contribution >= 0.6 is 0 Å². The fourth-order valence-corrected chi connectivity index (χ4v) is 0.614. The van der Waals surface area contributed by atoms with Crippen molar-refractivity contribution < 1.29 is 9.78 Å². The summed E-state index contributed by atoms with van der Waals surface area (Å²) in [6.07, 6.45) is 2.18. The SMILES string of the molecule is COO[C@H](N)C1CC1. The third-order valence-corrected chi connectivity index (χ3v) is 1.29.